The van der Waals surface area contributed by atoms with E-state index in [2.05, 4.69) is 0 Å². The van der Waals surface area contributed by atoms with Crippen molar-refractivity contribution in [2.75, 3.05) is 13.1 Å². The van der Waals surface area contributed by atoms with Gasteiger partial charge in [0.2, 0.25) is 0 Å². The Labute approximate surface area is 87.8 Å². The zero-order valence-electron chi connectivity index (χ0n) is 9.07. The minimum absolute atomic E-state index is 0.219. The molecule has 0 aliphatic rings. The molecule has 0 radical (unpaired) electrons. The van der Waals surface area contributed by atoms with Gasteiger partial charge in [-0.05, 0) is 27.7 Å². The van der Waals surface area contributed by atoms with Crippen molar-refractivity contribution in [3.8, 4) is 0 Å². The molecule has 0 rings (SSSR count). The maximum absolute atomic E-state index is 11.5. The summed E-state index contributed by atoms with van der Waals surface area (Å²) in [6.45, 7) is 7.53. The molecule has 0 fully saturated rings. The fraction of sp³-hybridized carbons (Fsp3) is 0.778. The number of rotatable bonds is 4. The van der Waals surface area contributed by atoms with Gasteiger partial charge < -0.3 is 4.55 Å². The molecule has 4 nitrogen and oxygen atoms in total. The van der Waals surface area contributed by atoms with E-state index in [-0.39, 0.29) is 5.78 Å². The highest BCUT2D eigenvalue weighted by Crippen LogP contribution is 2.09. The van der Waals surface area contributed by atoms with Crippen molar-refractivity contribution in [1.29, 1.82) is 0 Å². The summed E-state index contributed by atoms with van der Waals surface area (Å²) in [5, 5.41) is -1.15. The average molecular weight is 219 g/mol. The summed E-state index contributed by atoms with van der Waals surface area (Å²) < 4.78 is 11.5. The van der Waals surface area contributed by atoms with E-state index in [1.807, 2.05) is 13.8 Å². The van der Waals surface area contributed by atoms with Gasteiger partial charge in [-0.1, -0.05) is 0 Å². The van der Waals surface area contributed by atoms with Crippen LogP contribution in [-0.4, -0.2) is 38.8 Å². The molecular formula is C9H17NO3S. The van der Waals surface area contributed by atoms with E-state index in [4.69, 9.17) is 0 Å². The first-order valence-corrected chi connectivity index (χ1v) is 5.86. The van der Waals surface area contributed by atoms with Crippen LogP contribution < -0.4 is 0 Å². The maximum Gasteiger partial charge on any atom is 0.430 e. The first-order chi connectivity index (χ1) is 6.45. The molecular weight excluding hydrogens is 202 g/mol. The minimum atomic E-state index is -1.73. The first kappa shape index (κ1) is 13.4. The summed E-state index contributed by atoms with van der Waals surface area (Å²) in [5.41, 5.74) is 0. The number of carbonyl (C=O) groups excluding carboxylic acids is 2. The van der Waals surface area contributed by atoms with E-state index < -0.39 is 21.7 Å². The lowest BCUT2D eigenvalue weighted by Crippen LogP contribution is -2.41. The molecule has 0 saturated heterocycles. The van der Waals surface area contributed by atoms with Crippen molar-refractivity contribution >= 4 is 22.2 Å². The van der Waals surface area contributed by atoms with Gasteiger partial charge in [0.15, 0.2) is 11.0 Å². The Hall–Kier alpha value is -0.550. The Kier molecular flexibility index (Phi) is 5.79. The van der Waals surface area contributed by atoms with E-state index in [1.165, 1.54) is 18.7 Å². The predicted octanol–water partition coefficient (Wildman–Crippen LogP) is 1.17. The molecule has 0 saturated carbocycles. The molecule has 0 spiro atoms. The Morgan fingerprint density at radius 3 is 2.07 bits per heavy atom. The Bertz CT molecular complexity index is 216. The van der Waals surface area contributed by atoms with Crippen LogP contribution in [0, 0.1) is 0 Å². The maximum atomic E-state index is 11.5. The van der Waals surface area contributed by atoms with Gasteiger partial charge in [-0.2, -0.15) is 0 Å². The van der Waals surface area contributed by atoms with Crippen LogP contribution in [0.3, 0.4) is 0 Å². The van der Waals surface area contributed by atoms with Crippen molar-refractivity contribution in [2.24, 2.45) is 0 Å². The van der Waals surface area contributed by atoms with Gasteiger partial charge in [0.25, 0.3) is 0 Å². The second-order valence-electron chi connectivity index (χ2n) is 2.99. The number of amides is 1. The van der Waals surface area contributed by atoms with Crippen LogP contribution in [0.4, 0.5) is 4.79 Å². The highest BCUT2D eigenvalue weighted by molar-refractivity contribution is 8.07. The molecule has 5 heteroatoms. The lowest BCUT2D eigenvalue weighted by Gasteiger charge is -2.21. The molecule has 1 amide bonds. The zero-order chi connectivity index (χ0) is 11.3. The minimum Gasteiger partial charge on any atom is -0.607 e. The molecule has 14 heavy (non-hydrogen) atoms. The summed E-state index contributed by atoms with van der Waals surface area (Å²) in [6, 6.07) is 0. The van der Waals surface area contributed by atoms with Crippen LogP contribution in [0.1, 0.15) is 27.7 Å². The average Bonchev–Trinajstić information content (AvgIpc) is 2.17. The van der Waals surface area contributed by atoms with E-state index in [1.54, 1.807) is 0 Å². The first-order valence-electron chi connectivity index (χ1n) is 4.65. The number of hydrogen-bond acceptors (Lipinski definition) is 3. The lowest BCUT2D eigenvalue weighted by atomic mass is 10.3. The summed E-state index contributed by atoms with van der Waals surface area (Å²) >= 11 is -1.73. The van der Waals surface area contributed by atoms with Gasteiger partial charge in [-0.25, -0.2) is 4.79 Å². The normalized spacial score (nSPS) is 14.6. The van der Waals surface area contributed by atoms with Crippen molar-refractivity contribution in [1.82, 2.24) is 4.90 Å². The van der Waals surface area contributed by atoms with Crippen LogP contribution in [0.5, 0.6) is 0 Å². The zero-order valence-corrected chi connectivity index (χ0v) is 9.89. The van der Waals surface area contributed by atoms with Crippen LogP contribution in [-0.2, 0) is 16.0 Å². The Morgan fingerprint density at radius 1 is 1.36 bits per heavy atom. The molecule has 0 aromatic rings. The van der Waals surface area contributed by atoms with E-state index in [9.17, 15) is 14.1 Å². The van der Waals surface area contributed by atoms with Gasteiger partial charge in [-0.15, -0.1) is 0 Å². The third-order valence-electron chi connectivity index (χ3n) is 2.09. The fourth-order valence-electron chi connectivity index (χ4n) is 0.911. The second kappa shape index (κ2) is 6.03. The molecule has 0 aromatic heterocycles. The van der Waals surface area contributed by atoms with Crippen LogP contribution in [0.25, 0.3) is 0 Å². The number of nitrogens with zero attached hydrogens (tertiary/aromatic N) is 1. The summed E-state index contributed by atoms with van der Waals surface area (Å²) in [5.74, 6) is -0.219. The highest BCUT2D eigenvalue weighted by Gasteiger charge is 2.32. The van der Waals surface area contributed by atoms with Crippen molar-refractivity contribution in [2.45, 2.75) is 32.9 Å². The van der Waals surface area contributed by atoms with Crippen molar-refractivity contribution in [3.05, 3.63) is 0 Å². The number of hydrogen-bond donors (Lipinski definition) is 0. The van der Waals surface area contributed by atoms with Crippen molar-refractivity contribution < 1.29 is 14.1 Å². The van der Waals surface area contributed by atoms with Gasteiger partial charge >= 0.3 is 5.24 Å². The smallest absolute Gasteiger partial charge is 0.430 e. The Morgan fingerprint density at radius 2 is 1.79 bits per heavy atom. The van der Waals surface area contributed by atoms with Crippen LogP contribution >= 0.6 is 0 Å². The molecule has 0 heterocycles. The van der Waals surface area contributed by atoms with Gasteiger partial charge in [0.05, 0.1) is 11.2 Å². The fourth-order valence-corrected chi connectivity index (χ4v) is 2.03. The molecule has 82 valence electrons. The second-order valence-corrected chi connectivity index (χ2v) is 4.64. The number of Topliss-reactive ketones (excluding diaryl/α,β-unsaturated/α-hetero) is 1. The summed E-state index contributed by atoms with van der Waals surface area (Å²) in [6.07, 6.45) is 0. The van der Waals surface area contributed by atoms with E-state index in [0.717, 1.165) is 0 Å². The van der Waals surface area contributed by atoms with E-state index in [0.29, 0.717) is 13.1 Å². The summed E-state index contributed by atoms with van der Waals surface area (Å²) in [4.78, 5) is 23.9. The third-order valence-corrected chi connectivity index (χ3v) is 3.66. The molecule has 0 aliphatic heterocycles. The quantitative estimate of drug-likeness (QED) is 0.667. The van der Waals surface area contributed by atoms with Gasteiger partial charge in [-0.3, -0.25) is 9.69 Å². The molecule has 2 atom stereocenters. The molecule has 0 aliphatic carbocycles. The summed E-state index contributed by atoms with van der Waals surface area (Å²) in [7, 11) is 0. The van der Waals surface area contributed by atoms with Crippen molar-refractivity contribution in [3.63, 3.8) is 0 Å². The van der Waals surface area contributed by atoms with E-state index >= 15 is 0 Å². The standard InChI is InChI=1S/C9H17NO3S/c1-5-10(6-2)9(12)14(13)8(4)7(3)11/h8H,5-6H2,1-4H3. The van der Waals surface area contributed by atoms with Crippen LogP contribution in [0.2, 0.25) is 0 Å². The van der Waals surface area contributed by atoms with Gasteiger partial charge in [0.1, 0.15) is 0 Å². The molecule has 2 unspecified atom stereocenters. The number of carbonyl (C=O) groups is 2. The highest BCUT2D eigenvalue weighted by atomic mass is 32.2. The number of ketones is 1. The largest absolute Gasteiger partial charge is 0.607 e. The molecule has 0 aromatic carbocycles. The third kappa shape index (κ3) is 3.31. The van der Waals surface area contributed by atoms with Gasteiger partial charge in [0, 0.05) is 13.1 Å². The topological polar surface area (TPSA) is 60.4 Å². The SMILES string of the molecule is CCN(CC)C(=O)[S+]([O-])C(C)C(C)=O. The predicted molar refractivity (Wildman–Crippen MR) is 56.6 cm³/mol. The molecule has 0 bridgehead atoms. The van der Waals surface area contributed by atoms with Crippen LogP contribution in [0.15, 0.2) is 0 Å². The molecule has 0 N–H and O–H groups in total. The lowest BCUT2D eigenvalue weighted by molar-refractivity contribution is -0.116. The Balaban J connectivity index is 4.44. The monoisotopic (exact) mass is 219 g/mol.